The molecule has 0 spiro atoms. The fraction of sp³-hybridized carbons (Fsp3) is 0.368. The van der Waals surface area contributed by atoms with Gasteiger partial charge in [-0.05, 0) is 33.6 Å². The average molecular weight is 364 g/mol. The highest BCUT2D eigenvalue weighted by Crippen LogP contribution is 2.33. The first kappa shape index (κ1) is 17.3. The lowest BCUT2D eigenvalue weighted by Crippen LogP contribution is -2.31. The van der Waals surface area contributed by atoms with E-state index < -0.39 is 0 Å². The first-order valence-electron chi connectivity index (χ1n) is 8.89. The first-order valence-corrected chi connectivity index (χ1v) is 8.89. The van der Waals surface area contributed by atoms with Crippen LogP contribution in [0.15, 0.2) is 29.3 Å². The molecule has 4 rings (SSSR count). The lowest BCUT2D eigenvalue weighted by molar-refractivity contribution is 0.0732. The molecule has 27 heavy (non-hydrogen) atoms. The van der Waals surface area contributed by atoms with Crippen LogP contribution in [0.1, 0.15) is 52.2 Å². The van der Waals surface area contributed by atoms with E-state index in [0.29, 0.717) is 29.4 Å². The summed E-state index contributed by atoms with van der Waals surface area (Å²) in [6.07, 6.45) is 8.34. The summed E-state index contributed by atoms with van der Waals surface area (Å²) in [6, 6.07) is -0.119. The molecule has 1 aliphatic heterocycles. The molecule has 8 heteroatoms. The topological polar surface area (TPSA) is 97.9 Å². The molecule has 0 saturated carbocycles. The minimum atomic E-state index is -0.119. The molecule has 0 N–H and O–H groups in total. The Kier molecular flexibility index (Phi) is 4.39. The monoisotopic (exact) mass is 364 g/mol. The summed E-state index contributed by atoms with van der Waals surface area (Å²) in [5, 5.41) is 3.99. The lowest BCUT2D eigenvalue weighted by atomic mass is 10.1. The van der Waals surface area contributed by atoms with E-state index in [9.17, 15) is 4.79 Å². The number of hydrogen-bond acceptors (Lipinski definition) is 7. The van der Waals surface area contributed by atoms with Gasteiger partial charge in [0.1, 0.15) is 11.6 Å². The van der Waals surface area contributed by atoms with Gasteiger partial charge in [0, 0.05) is 18.9 Å². The molecule has 1 atom stereocenters. The molecule has 4 heterocycles. The van der Waals surface area contributed by atoms with Gasteiger partial charge >= 0.3 is 0 Å². The van der Waals surface area contributed by atoms with Gasteiger partial charge in [-0.15, -0.1) is 0 Å². The molecule has 138 valence electrons. The molecular formula is C19H20N6O2. The number of likely N-dealkylation sites (tertiary alicyclic amines) is 1. The van der Waals surface area contributed by atoms with Crippen molar-refractivity contribution >= 4 is 5.91 Å². The Morgan fingerprint density at radius 2 is 1.93 bits per heavy atom. The molecule has 0 bridgehead atoms. The summed E-state index contributed by atoms with van der Waals surface area (Å²) < 4.78 is 5.25. The van der Waals surface area contributed by atoms with Gasteiger partial charge in [-0.25, -0.2) is 15.0 Å². The van der Waals surface area contributed by atoms with E-state index in [1.54, 1.807) is 31.7 Å². The third kappa shape index (κ3) is 3.18. The maximum Gasteiger partial charge on any atom is 0.257 e. The lowest BCUT2D eigenvalue weighted by Gasteiger charge is -2.24. The standard InChI is InChI=1S/C19H20N6O2/c1-11-18(12(2)27-24-11)16-10-20-9-15(23-16)17-5-4-6-25(17)19(26)14-7-21-13(3)22-8-14/h7-10,17H,4-6H2,1-3H3. The van der Waals surface area contributed by atoms with Crippen LogP contribution in [0.2, 0.25) is 0 Å². The minimum absolute atomic E-state index is 0.0814. The van der Waals surface area contributed by atoms with Gasteiger partial charge in [-0.3, -0.25) is 9.78 Å². The highest BCUT2D eigenvalue weighted by Gasteiger charge is 2.32. The molecule has 1 saturated heterocycles. The largest absolute Gasteiger partial charge is 0.361 e. The fourth-order valence-corrected chi connectivity index (χ4v) is 3.50. The number of carbonyl (C=O) groups is 1. The Bertz CT molecular complexity index is 963. The van der Waals surface area contributed by atoms with Crippen LogP contribution < -0.4 is 0 Å². The van der Waals surface area contributed by atoms with E-state index in [1.807, 2.05) is 18.7 Å². The van der Waals surface area contributed by atoms with Crippen molar-refractivity contribution in [2.75, 3.05) is 6.54 Å². The van der Waals surface area contributed by atoms with Gasteiger partial charge in [-0.1, -0.05) is 5.16 Å². The van der Waals surface area contributed by atoms with Crippen molar-refractivity contribution in [1.82, 2.24) is 30.0 Å². The van der Waals surface area contributed by atoms with Gasteiger partial charge in [0.05, 0.1) is 46.6 Å². The number of hydrogen-bond donors (Lipinski definition) is 0. The summed E-state index contributed by atoms with van der Waals surface area (Å²) in [5.74, 6) is 1.26. The molecule has 0 aliphatic carbocycles. The van der Waals surface area contributed by atoms with Gasteiger partial charge in [0.15, 0.2) is 0 Å². The first-order chi connectivity index (χ1) is 13.0. The second kappa shape index (κ2) is 6.86. The minimum Gasteiger partial charge on any atom is -0.361 e. The van der Waals surface area contributed by atoms with Crippen LogP contribution >= 0.6 is 0 Å². The van der Waals surface area contributed by atoms with Crippen molar-refractivity contribution in [3.63, 3.8) is 0 Å². The van der Waals surface area contributed by atoms with Gasteiger partial charge < -0.3 is 9.42 Å². The summed E-state index contributed by atoms with van der Waals surface area (Å²) in [6.45, 7) is 6.20. The Morgan fingerprint density at radius 1 is 1.15 bits per heavy atom. The van der Waals surface area contributed by atoms with E-state index in [4.69, 9.17) is 9.51 Å². The Morgan fingerprint density at radius 3 is 2.63 bits per heavy atom. The average Bonchev–Trinajstić information content (AvgIpc) is 3.29. The van der Waals surface area contributed by atoms with Crippen LogP contribution in [-0.2, 0) is 0 Å². The van der Waals surface area contributed by atoms with Crippen LogP contribution in [-0.4, -0.2) is 42.4 Å². The van der Waals surface area contributed by atoms with E-state index in [-0.39, 0.29) is 11.9 Å². The molecule has 3 aromatic heterocycles. The van der Waals surface area contributed by atoms with Crippen LogP contribution in [0.4, 0.5) is 0 Å². The summed E-state index contributed by atoms with van der Waals surface area (Å²) in [7, 11) is 0. The van der Waals surface area contributed by atoms with Crippen LogP contribution in [0.25, 0.3) is 11.3 Å². The van der Waals surface area contributed by atoms with E-state index in [2.05, 4.69) is 20.1 Å². The number of rotatable bonds is 3. The predicted octanol–water partition coefficient (Wildman–Crippen LogP) is 2.82. The quantitative estimate of drug-likeness (QED) is 0.705. The zero-order chi connectivity index (χ0) is 19.0. The zero-order valence-electron chi connectivity index (χ0n) is 15.5. The Balaban J connectivity index is 1.65. The predicted molar refractivity (Wildman–Crippen MR) is 96.8 cm³/mol. The van der Waals surface area contributed by atoms with Crippen molar-refractivity contribution in [2.24, 2.45) is 0 Å². The number of aromatic nitrogens is 5. The normalized spacial score (nSPS) is 16.7. The van der Waals surface area contributed by atoms with Gasteiger partial charge in [0.2, 0.25) is 0 Å². The van der Waals surface area contributed by atoms with Crippen LogP contribution in [0.5, 0.6) is 0 Å². The molecular weight excluding hydrogens is 344 g/mol. The third-order valence-corrected chi connectivity index (χ3v) is 4.83. The van der Waals surface area contributed by atoms with E-state index >= 15 is 0 Å². The molecule has 1 unspecified atom stereocenters. The molecule has 1 aliphatic rings. The summed E-state index contributed by atoms with van der Waals surface area (Å²) in [5.41, 5.74) is 3.60. The third-order valence-electron chi connectivity index (χ3n) is 4.83. The highest BCUT2D eigenvalue weighted by molar-refractivity contribution is 5.94. The Hall–Kier alpha value is -3.16. The molecule has 0 radical (unpaired) electrons. The van der Waals surface area contributed by atoms with Gasteiger partial charge in [-0.2, -0.15) is 0 Å². The number of nitrogens with zero attached hydrogens (tertiary/aromatic N) is 6. The molecule has 1 amide bonds. The molecule has 0 aromatic carbocycles. The van der Waals surface area contributed by atoms with Crippen molar-refractivity contribution < 1.29 is 9.32 Å². The number of carbonyl (C=O) groups excluding carboxylic acids is 1. The van der Waals surface area contributed by atoms with Crippen LogP contribution in [0, 0.1) is 20.8 Å². The number of aryl methyl sites for hydroxylation is 3. The molecule has 3 aromatic rings. The summed E-state index contributed by atoms with van der Waals surface area (Å²) >= 11 is 0. The summed E-state index contributed by atoms with van der Waals surface area (Å²) in [4.78, 5) is 32.2. The molecule has 1 fully saturated rings. The van der Waals surface area contributed by atoms with Crippen LogP contribution in [0.3, 0.4) is 0 Å². The number of amides is 1. The maximum absolute atomic E-state index is 12.9. The van der Waals surface area contributed by atoms with E-state index in [0.717, 1.165) is 29.8 Å². The maximum atomic E-state index is 12.9. The smallest absolute Gasteiger partial charge is 0.257 e. The van der Waals surface area contributed by atoms with Crippen molar-refractivity contribution in [3.05, 3.63) is 53.3 Å². The van der Waals surface area contributed by atoms with Crippen molar-refractivity contribution in [2.45, 2.75) is 39.7 Å². The second-order valence-electron chi connectivity index (χ2n) is 6.70. The second-order valence-corrected chi connectivity index (χ2v) is 6.70. The van der Waals surface area contributed by atoms with Crippen molar-refractivity contribution in [3.8, 4) is 11.3 Å². The zero-order valence-corrected chi connectivity index (χ0v) is 15.5. The fourth-order valence-electron chi connectivity index (χ4n) is 3.50. The van der Waals surface area contributed by atoms with Crippen molar-refractivity contribution in [1.29, 1.82) is 0 Å². The van der Waals surface area contributed by atoms with Gasteiger partial charge in [0.25, 0.3) is 5.91 Å². The Labute approximate surface area is 156 Å². The highest BCUT2D eigenvalue weighted by atomic mass is 16.5. The van der Waals surface area contributed by atoms with E-state index in [1.165, 1.54) is 0 Å². The molecule has 8 nitrogen and oxygen atoms in total. The SMILES string of the molecule is Cc1ncc(C(=O)N2CCCC2c2cncc(-c3c(C)noc3C)n2)cn1.